The highest BCUT2D eigenvalue weighted by Gasteiger charge is 2.08. The number of furan rings is 1. The molecule has 0 bridgehead atoms. The Balaban J connectivity index is 1.45. The molecule has 10 heteroatoms. The van der Waals surface area contributed by atoms with Gasteiger partial charge in [-0.3, -0.25) is 4.79 Å². The van der Waals surface area contributed by atoms with Crippen molar-refractivity contribution in [2.45, 2.75) is 5.16 Å². The van der Waals surface area contributed by atoms with Crippen LogP contribution in [0.4, 0.5) is 11.6 Å². The lowest BCUT2D eigenvalue weighted by atomic mass is 10.3. The molecular weight excluding hydrogens is 364 g/mol. The molecule has 0 aliphatic carbocycles. The molecule has 3 rings (SSSR count). The zero-order chi connectivity index (χ0) is 17.5. The number of benzene rings is 1. The molecule has 0 saturated heterocycles. The number of carbonyl (C=O) groups is 1. The molecule has 128 valence electrons. The number of halogens is 1. The van der Waals surface area contributed by atoms with E-state index in [0.29, 0.717) is 27.6 Å². The number of amides is 1. The summed E-state index contributed by atoms with van der Waals surface area (Å²) in [5.41, 5.74) is 3.33. The predicted octanol–water partition coefficient (Wildman–Crippen LogP) is 3.23. The van der Waals surface area contributed by atoms with Crippen molar-refractivity contribution in [3.05, 3.63) is 53.4 Å². The van der Waals surface area contributed by atoms with Gasteiger partial charge in [0.25, 0.3) is 0 Å². The lowest BCUT2D eigenvalue weighted by Gasteiger charge is -2.03. The monoisotopic (exact) mass is 376 g/mol. The van der Waals surface area contributed by atoms with Gasteiger partial charge in [-0.05, 0) is 30.3 Å². The summed E-state index contributed by atoms with van der Waals surface area (Å²) in [7, 11) is 0. The molecule has 0 unspecified atom stereocenters. The molecule has 2 heterocycles. The summed E-state index contributed by atoms with van der Waals surface area (Å²) >= 11 is 7.07. The Morgan fingerprint density at radius 3 is 3.12 bits per heavy atom. The first-order valence-corrected chi connectivity index (χ1v) is 8.48. The maximum absolute atomic E-state index is 11.9. The van der Waals surface area contributed by atoms with Crippen LogP contribution in [-0.2, 0) is 4.79 Å². The van der Waals surface area contributed by atoms with Crippen molar-refractivity contribution in [2.24, 2.45) is 5.10 Å². The van der Waals surface area contributed by atoms with E-state index in [2.05, 4.69) is 31.0 Å². The Bertz CT molecular complexity index is 865. The molecule has 0 fully saturated rings. The first kappa shape index (κ1) is 17.1. The number of nitrogens with zero attached hydrogens (tertiary/aromatic N) is 3. The summed E-state index contributed by atoms with van der Waals surface area (Å²) in [5.74, 6) is 0.960. The summed E-state index contributed by atoms with van der Waals surface area (Å²) in [6.45, 7) is 0. The van der Waals surface area contributed by atoms with Crippen molar-refractivity contribution in [1.82, 2.24) is 15.2 Å². The average molecular weight is 377 g/mol. The van der Waals surface area contributed by atoms with Gasteiger partial charge in [-0.1, -0.05) is 29.4 Å². The van der Waals surface area contributed by atoms with E-state index in [0.717, 1.165) is 0 Å². The summed E-state index contributed by atoms with van der Waals surface area (Å²) < 4.78 is 5.11. The van der Waals surface area contributed by atoms with Gasteiger partial charge in [0, 0.05) is 10.7 Å². The summed E-state index contributed by atoms with van der Waals surface area (Å²) in [5, 5.41) is 14.4. The number of nitrogens with one attached hydrogen (secondary N) is 3. The number of hydrogen-bond acceptors (Lipinski definition) is 7. The summed E-state index contributed by atoms with van der Waals surface area (Å²) in [4.78, 5) is 16.1. The van der Waals surface area contributed by atoms with Crippen LogP contribution in [0, 0.1) is 0 Å². The molecule has 0 spiro atoms. The van der Waals surface area contributed by atoms with E-state index >= 15 is 0 Å². The van der Waals surface area contributed by atoms with Crippen LogP contribution in [0.15, 0.2) is 57.3 Å². The number of hydrogen-bond donors (Lipinski definition) is 3. The van der Waals surface area contributed by atoms with Crippen LogP contribution in [-0.4, -0.2) is 33.1 Å². The third-order valence-electron chi connectivity index (χ3n) is 2.81. The minimum Gasteiger partial charge on any atom is -0.463 e. The highest BCUT2D eigenvalue weighted by atomic mass is 35.5. The number of anilines is 2. The number of aromatic amines is 1. The van der Waals surface area contributed by atoms with E-state index in [-0.39, 0.29) is 11.7 Å². The van der Waals surface area contributed by atoms with E-state index in [4.69, 9.17) is 16.0 Å². The van der Waals surface area contributed by atoms with Crippen molar-refractivity contribution in [3.63, 3.8) is 0 Å². The molecule has 0 radical (unpaired) electrons. The van der Waals surface area contributed by atoms with Crippen LogP contribution < -0.4 is 10.7 Å². The lowest BCUT2D eigenvalue weighted by molar-refractivity contribution is -0.113. The molecule has 0 aliphatic rings. The van der Waals surface area contributed by atoms with Gasteiger partial charge in [0.05, 0.1) is 18.2 Å². The molecule has 8 nitrogen and oxygen atoms in total. The highest BCUT2D eigenvalue weighted by molar-refractivity contribution is 7.99. The van der Waals surface area contributed by atoms with Gasteiger partial charge in [0.1, 0.15) is 5.76 Å². The summed E-state index contributed by atoms with van der Waals surface area (Å²) in [6.07, 6.45) is 3.06. The lowest BCUT2D eigenvalue weighted by Crippen LogP contribution is -2.14. The largest absolute Gasteiger partial charge is 0.463 e. The SMILES string of the molecule is O=C(CSc1n[nH]c(N/N=C\c2ccco2)n1)Nc1cccc(Cl)c1. The van der Waals surface area contributed by atoms with Gasteiger partial charge in [-0.2, -0.15) is 10.1 Å². The normalized spacial score (nSPS) is 10.9. The van der Waals surface area contributed by atoms with Crippen LogP contribution in [0.2, 0.25) is 5.02 Å². The molecule has 1 aromatic carbocycles. The van der Waals surface area contributed by atoms with Crippen molar-refractivity contribution < 1.29 is 9.21 Å². The molecule has 2 aromatic heterocycles. The molecule has 1 amide bonds. The standard InChI is InChI=1S/C15H13ClN6O2S/c16-10-3-1-4-11(7-10)18-13(23)9-25-15-19-14(21-22-15)20-17-8-12-5-2-6-24-12/h1-8H,9H2,(H,18,23)(H2,19,20,21,22)/b17-8-. The third-order valence-corrected chi connectivity index (χ3v) is 3.89. The highest BCUT2D eigenvalue weighted by Crippen LogP contribution is 2.17. The second-order valence-electron chi connectivity index (χ2n) is 4.70. The molecule has 0 atom stereocenters. The van der Waals surface area contributed by atoms with Crippen LogP contribution in [0.5, 0.6) is 0 Å². The number of aromatic nitrogens is 3. The van der Waals surface area contributed by atoms with E-state index in [9.17, 15) is 4.79 Å². The van der Waals surface area contributed by atoms with E-state index in [1.54, 1.807) is 42.7 Å². The fourth-order valence-corrected chi connectivity index (χ4v) is 2.56. The Morgan fingerprint density at radius 1 is 1.40 bits per heavy atom. The van der Waals surface area contributed by atoms with Crippen LogP contribution in [0.25, 0.3) is 0 Å². The first-order valence-electron chi connectivity index (χ1n) is 7.12. The average Bonchev–Trinajstić information content (AvgIpc) is 3.25. The predicted molar refractivity (Wildman–Crippen MR) is 97.1 cm³/mol. The zero-order valence-electron chi connectivity index (χ0n) is 12.8. The van der Waals surface area contributed by atoms with Gasteiger partial charge in [0.15, 0.2) is 0 Å². The topological polar surface area (TPSA) is 108 Å². The number of thioether (sulfide) groups is 1. The zero-order valence-corrected chi connectivity index (χ0v) is 14.3. The first-order chi connectivity index (χ1) is 12.2. The molecular formula is C15H13ClN6O2S. The fourth-order valence-electron chi connectivity index (χ4n) is 1.78. The maximum atomic E-state index is 11.9. The number of hydrazone groups is 1. The second-order valence-corrected chi connectivity index (χ2v) is 6.08. The Kier molecular flexibility index (Phi) is 5.70. The molecule has 0 aliphatic heterocycles. The quantitative estimate of drug-likeness (QED) is 0.332. The fraction of sp³-hybridized carbons (Fsp3) is 0.0667. The number of H-pyrrole nitrogens is 1. The Morgan fingerprint density at radius 2 is 2.32 bits per heavy atom. The van der Waals surface area contributed by atoms with Crippen LogP contribution in [0.3, 0.4) is 0 Å². The second kappa shape index (κ2) is 8.36. The minimum absolute atomic E-state index is 0.166. The van der Waals surface area contributed by atoms with Crippen molar-refractivity contribution in [2.75, 3.05) is 16.5 Å². The molecule has 3 aromatic rings. The summed E-state index contributed by atoms with van der Waals surface area (Å²) in [6, 6.07) is 10.5. The maximum Gasteiger partial charge on any atom is 0.240 e. The van der Waals surface area contributed by atoms with Crippen molar-refractivity contribution in [3.8, 4) is 0 Å². The van der Waals surface area contributed by atoms with Crippen LogP contribution >= 0.6 is 23.4 Å². The van der Waals surface area contributed by atoms with E-state index in [1.165, 1.54) is 18.0 Å². The van der Waals surface area contributed by atoms with Gasteiger partial charge >= 0.3 is 0 Å². The van der Waals surface area contributed by atoms with E-state index < -0.39 is 0 Å². The van der Waals surface area contributed by atoms with Crippen LogP contribution in [0.1, 0.15) is 5.76 Å². The van der Waals surface area contributed by atoms with Gasteiger partial charge < -0.3 is 9.73 Å². The van der Waals surface area contributed by atoms with E-state index in [1.807, 2.05) is 0 Å². The molecule has 3 N–H and O–H groups in total. The van der Waals surface area contributed by atoms with Crippen molar-refractivity contribution in [1.29, 1.82) is 0 Å². The molecule has 0 saturated carbocycles. The van der Waals surface area contributed by atoms with Gasteiger partial charge in [0.2, 0.25) is 17.0 Å². The third kappa shape index (κ3) is 5.37. The van der Waals surface area contributed by atoms with Gasteiger partial charge in [-0.25, -0.2) is 10.5 Å². The number of carbonyl (C=O) groups excluding carboxylic acids is 1. The van der Waals surface area contributed by atoms with Crippen molar-refractivity contribution >= 4 is 47.1 Å². The number of rotatable bonds is 7. The smallest absolute Gasteiger partial charge is 0.240 e. The Hall–Kier alpha value is -2.78. The minimum atomic E-state index is -0.178. The van der Waals surface area contributed by atoms with Gasteiger partial charge in [-0.15, -0.1) is 5.10 Å². The Labute approximate surface area is 152 Å². The molecule has 25 heavy (non-hydrogen) atoms.